The summed E-state index contributed by atoms with van der Waals surface area (Å²) in [7, 11) is 0. The molecule has 0 saturated carbocycles. The van der Waals surface area contributed by atoms with Gasteiger partial charge in [0, 0.05) is 35.8 Å². The summed E-state index contributed by atoms with van der Waals surface area (Å²) in [6.45, 7) is 0.234. The molecule has 114 valence electrons. The van der Waals surface area contributed by atoms with Crippen molar-refractivity contribution in [1.82, 2.24) is 4.57 Å². The van der Waals surface area contributed by atoms with Gasteiger partial charge in [-0.25, -0.2) is 0 Å². The third-order valence-electron chi connectivity index (χ3n) is 3.08. The van der Waals surface area contributed by atoms with E-state index >= 15 is 0 Å². The minimum absolute atomic E-state index is 0.00527. The normalized spacial score (nSPS) is 12.0. The highest BCUT2D eigenvalue weighted by molar-refractivity contribution is 8.00. The van der Waals surface area contributed by atoms with Crippen LogP contribution in [-0.2, 0) is 17.8 Å². The minimum Gasteiger partial charge on any atom is -0.481 e. The molecule has 1 heterocycles. The fraction of sp³-hybridized carbons (Fsp3) is 0.357. The van der Waals surface area contributed by atoms with Crippen LogP contribution in [0, 0.1) is 0 Å². The molecule has 2 rings (SSSR count). The van der Waals surface area contributed by atoms with Gasteiger partial charge >= 0.3 is 11.5 Å². The third-order valence-corrected chi connectivity index (χ3v) is 3.79. The molecule has 1 aromatic heterocycles. The number of rotatable bonds is 6. The van der Waals surface area contributed by atoms with Crippen molar-refractivity contribution in [2.45, 2.75) is 24.9 Å². The molecule has 0 unspecified atom stereocenters. The summed E-state index contributed by atoms with van der Waals surface area (Å²) in [4.78, 5) is 10.7. The average Bonchev–Trinajstić information content (AvgIpc) is 2.74. The number of aryl methyl sites for hydroxylation is 2. The van der Waals surface area contributed by atoms with E-state index in [0.717, 1.165) is 16.5 Å². The number of aromatic nitrogens is 1. The van der Waals surface area contributed by atoms with E-state index in [2.05, 4.69) is 0 Å². The molecule has 1 N–H and O–H groups in total. The largest absolute Gasteiger partial charge is 0.481 e. The number of carbonyl (C=O) groups is 1. The van der Waals surface area contributed by atoms with Crippen molar-refractivity contribution in [2.75, 3.05) is 5.75 Å². The maximum Gasteiger partial charge on any atom is 0.441 e. The Kier molecular flexibility index (Phi) is 4.82. The fourth-order valence-electron chi connectivity index (χ4n) is 2.21. The van der Waals surface area contributed by atoms with E-state index in [-0.39, 0.29) is 30.5 Å². The molecule has 0 radical (unpaired) electrons. The molecule has 3 nitrogen and oxygen atoms in total. The van der Waals surface area contributed by atoms with Gasteiger partial charge in [-0.05, 0) is 29.8 Å². The van der Waals surface area contributed by atoms with Crippen molar-refractivity contribution in [1.29, 1.82) is 0 Å². The number of carboxylic acid groups (broad SMARTS) is 1. The van der Waals surface area contributed by atoms with E-state index < -0.39 is 11.5 Å². The molecule has 0 aliphatic rings. The molecule has 0 bridgehead atoms. The summed E-state index contributed by atoms with van der Waals surface area (Å²) >= 11 is -0.0505. The van der Waals surface area contributed by atoms with Gasteiger partial charge in [0.25, 0.3) is 0 Å². The number of para-hydroxylation sites is 1. The molecule has 1 aromatic carbocycles. The van der Waals surface area contributed by atoms with Gasteiger partial charge in [0.05, 0.1) is 0 Å². The lowest BCUT2D eigenvalue weighted by atomic mass is 10.1. The Morgan fingerprint density at radius 3 is 2.67 bits per heavy atom. The minimum atomic E-state index is -4.23. The van der Waals surface area contributed by atoms with Crippen molar-refractivity contribution in [3.8, 4) is 0 Å². The second-order valence-corrected chi connectivity index (χ2v) is 5.71. The standard InChI is InChI=1S/C14H14F3NO2S/c15-14(16,17)21-8-7-18-9-10(5-6-13(19)20)11-3-1-2-4-12(11)18/h1-4,9H,5-8H2,(H,19,20). The summed E-state index contributed by atoms with van der Waals surface area (Å²) in [5.74, 6) is -0.958. The van der Waals surface area contributed by atoms with Crippen molar-refractivity contribution in [2.24, 2.45) is 0 Å². The van der Waals surface area contributed by atoms with E-state index in [9.17, 15) is 18.0 Å². The molecule has 21 heavy (non-hydrogen) atoms. The van der Waals surface area contributed by atoms with Crippen LogP contribution in [0.3, 0.4) is 0 Å². The molecule has 0 aliphatic heterocycles. The Morgan fingerprint density at radius 1 is 1.29 bits per heavy atom. The van der Waals surface area contributed by atoms with Gasteiger partial charge in [-0.1, -0.05) is 18.2 Å². The highest BCUT2D eigenvalue weighted by Gasteiger charge is 2.27. The molecule has 0 aliphatic carbocycles. The van der Waals surface area contributed by atoms with Crippen LogP contribution in [0.5, 0.6) is 0 Å². The summed E-state index contributed by atoms with van der Waals surface area (Å²) < 4.78 is 38.3. The van der Waals surface area contributed by atoms with Crippen LogP contribution in [0.15, 0.2) is 30.5 Å². The van der Waals surface area contributed by atoms with Crippen LogP contribution in [0.4, 0.5) is 13.2 Å². The van der Waals surface area contributed by atoms with Gasteiger partial charge in [-0.15, -0.1) is 0 Å². The van der Waals surface area contributed by atoms with Gasteiger partial charge in [0.15, 0.2) is 0 Å². The number of hydrogen-bond acceptors (Lipinski definition) is 2. The molecule has 0 amide bonds. The third kappa shape index (κ3) is 4.42. The molecule has 7 heteroatoms. The number of benzene rings is 1. The van der Waals surface area contributed by atoms with Crippen LogP contribution in [0.25, 0.3) is 10.9 Å². The van der Waals surface area contributed by atoms with Gasteiger partial charge < -0.3 is 9.67 Å². The summed E-state index contributed by atoms with van der Waals surface area (Å²) in [5.41, 5.74) is -2.54. The van der Waals surface area contributed by atoms with Crippen LogP contribution in [-0.4, -0.2) is 26.9 Å². The Bertz CT molecular complexity index is 637. The Balaban J connectivity index is 2.17. The monoisotopic (exact) mass is 317 g/mol. The first-order valence-electron chi connectivity index (χ1n) is 6.36. The van der Waals surface area contributed by atoms with Crippen molar-refractivity contribution in [3.63, 3.8) is 0 Å². The van der Waals surface area contributed by atoms with E-state index in [0.29, 0.717) is 6.42 Å². The predicted molar refractivity (Wildman–Crippen MR) is 76.4 cm³/mol. The van der Waals surface area contributed by atoms with Crippen LogP contribution < -0.4 is 0 Å². The number of alkyl halides is 3. The number of halogens is 3. The van der Waals surface area contributed by atoms with E-state index in [1.807, 2.05) is 24.3 Å². The number of hydrogen-bond donors (Lipinski definition) is 1. The number of thioether (sulfide) groups is 1. The second kappa shape index (κ2) is 6.43. The first-order chi connectivity index (χ1) is 9.87. The van der Waals surface area contributed by atoms with E-state index in [1.165, 1.54) is 0 Å². The number of carboxylic acids is 1. The summed E-state index contributed by atoms with van der Waals surface area (Å²) in [5, 5.41) is 9.65. The van der Waals surface area contributed by atoms with Gasteiger partial charge in [0.2, 0.25) is 0 Å². The number of fused-ring (bicyclic) bond motifs is 1. The molecular weight excluding hydrogens is 303 g/mol. The number of aliphatic carboxylic acids is 1. The first kappa shape index (κ1) is 15.8. The maximum absolute atomic E-state index is 12.2. The lowest BCUT2D eigenvalue weighted by molar-refractivity contribution is -0.136. The van der Waals surface area contributed by atoms with Gasteiger partial charge in [0.1, 0.15) is 0 Å². The summed E-state index contributed by atoms with van der Waals surface area (Å²) in [6.07, 6.45) is 2.13. The quantitative estimate of drug-likeness (QED) is 0.878. The maximum atomic E-state index is 12.2. The van der Waals surface area contributed by atoms with Crippen molar-refractivity contribution in [3.05, 3.63) is 36.0 Å². The SMILES string of the molecule is O=C(O)CCc1cn(CCSC(F)(F)F)c2ccccc12. The first-order valence-corrected chi connectivity index (χ1v) is 7.34. The van der Waals surface area contributed by atoms with Crippen LogP contribution in [0.2, 0.25) is 0 Å². The Hall–Kier alpha value is -1.63. The van der Waals surface area contributed by atoms with Crippen LogP contribution in [0.1, 0.15) is 12.0 Å². The molecule has 0 fully saturated rings. The predicted octanol–water partition coefficient (Wildman–Crippen LogP) is 3.91. The van der Waals surface area contributed by atoms with E-state index in [1.54, 1.807) is 10.8 Å². The Labute approximate surface area is 123 Å². The second-order valence-electron chi connectivity index (χ2n) is 4.55. The lowest BCUT2D eigenvalue weighted by Crippen LogP contribution is -2.06. The molecule has 2 aromatic rings. The van der Waals surface area contributed by atoms with Gasteiger partial charge in [-0.2, -0.15) is 13.2 Å². The van der Waals surface area contributed by atoms with Crippen molar-refractivity contribution < 1.29 is 23.1 Å². The summed E-state index contributed by atoms with van der Waals surface area (Å²) in [6, 6.07) is 7.34. The number of nitrogens with zero attached hydrogens (tertiary/aromatic N) is 1. The van der Waals surface area contributed by atoms with E-state index in [4.69, 9.17) is 5.11 Å². The topological polar surface area (TPSA) is 42.2 Å². The fourth-order valence-corrected chi connectivity index (χ4v) is 2.73. The zero-order valence-corrected chi connectivity index (χ0v) is 11.9. The molecule has 0 spiro atoms. The highest BCUT2D eigenvalue weighted by Crippen LogP contribution is 2.31. The molecule has 0 saturated heterocycles. The zero-order chi connectivity index (χ0) is 15.5. The van der Waals surface area contributed by atoms with Crippen LogP contribution >= 0.6 is 11.8 Å². The zero-order valence-electron chi connectivity index (χ0n) is 11.1. The van der Waals surface area contributed by atoms with Crippen molar-refractivity contribution >= 4 is 28.6 Å². The lowest BCUT2D eigenvalue weighted by Gasteiger charge is -2.07. The van der Waals surface area contributed by atoms with Gasteiger partial charge in [-0.3, -0.25) is 4.79 Å². The smallest absolute Gasteiger partial charge is 0.441 e. The average molecular weight is 317 g/mol. The Morgan fingerprint density at radius 2 is 2.00 bits per heavy atom. The highest BCUT2D eigenvalue weighted by atomic mass is 32.2. The molecular formula is C14H14F3NO2S. The molecule has 0 atom stereocenters.